The van der Waals surface area contributed by atoms with Crippen molar-refractivity contribution in [2.24, 2.45) is 0 Å². The number of nitrogen functional groups attached to an aromatic ring is 1. The lowest BCUT2D eigenvalue weighted by molar-refractivity contribution is 0.103. The lowest BCUT2D eigenvalue weighted by Crippen LogP contribution is -2.10. The van der Waals surface area contributed by atoms with Crippen molar-refractivity contribution < 1.29 is 9.53 Å². The van der Waals surface area contributed by atoms with E-state index in [2.05, 4.69) is 0 Å². The highest BCUT2D eigenvalue weighted by molar-refractivity contribution is 6.35. The number of hydrogen-bond donors (Lipinski definition) is 1. The largest absolute Gasteiger partial charge is 0.493 e. The number of aryl methyl sites for hydroxylation is 2. The molecule has 2 N–H and O–H groups in total. The van der Waals surface area contributed by atoms with E-state index < -0.39 is 0 Å². The quantitative estimate of drug-likeness (QED) is 0.681. The Morgan fingerprint density at radius 2 is 1.90 bits per heavy atom. The van der Waals surface area contributed by atoms with Crippen LogP contribution in [0.1, 0.15) is 34.0 Å². The summed E-state index contributed by atoms with van der Waals surface area (Å²) in [5.74, 6) is 0.265. The van der Waals surface area contributed by atoms with Gasteiger partial charge in [-0.2, -0.15) is 0 Å². The van der Waals surface area contributed by atoms with Crippen molar-refractivity contribution in [1.29, 1.82) is 0 Å². The summed E-state index contributed by atoms with van der Waals surface area (Å²) in [4.78, 5) is 12.8. The second kappa shape index (κ2) is 6.19. The van der Waals surface area contributed by atoms with E-state index in [4.69, 9.17) is 22.1 Å². The molecule has 2 aromatic carbocycles. The van der Waals surface area contributed by atoms with Crippen LogP contribution in [0.25, 0.3) is 0 Å². The van der Waals surface area contributed by atoms with Crippen molar-refractivity contribution in [3.63, 3.8) is 0 Å². The van der Waals surface area contributed by atoms with Crippen LogP contribution in [0.2, 0.25) is 5.02 Å². The third kappa shape index (κ3) is 3.03. The molecule has 0 saturated heterocycles. The molecule has 4 heteroatoms. The Bertz CT molecular complexity index is 695. The number of benzene rings is 2. The Kier molecular flexibility index (Phi) is 4.53. The zero-order valence-corrected chi connectivity index (χ0v) is 13.1. The normalized spacial score (nSPS) is 10.5. The van der Waals surface area contributed by atoms with Gasteiger partial charge < -0.3 is 10.5 Å². The molecule has 3 nitrogen and oxygen atoms in total. The highest BCUT2D eigenvalue weighted by Gasteiger charge is 2.20. The van der Waals surface area contributed by atoms with Gasteiger partial charge in [-0.1, -0.05) is 17.7 Å². The Morgan fingerprint density at radius 3 is 2.57 bits per heavy atom. The molecule has 0 heterocycles. The minimum Gasteiger partial charge on any atom is -0.493 e. The fourth-order valence-corrected chi connectivity index (χ4v) is 2.46. The zero-order chi connectivity index (χ0) is 15.6. The second-order valence-corrected chi connectivity index (χ2v) is 5.31. The Hall–Kier alpha value is -2.00. The first-order chi connectivity index (χ1) is 9.95. The van der Waals surface area contributed by atoms with Crippen molar-refractivity contribution in [1.82, 2.24) is 0 Å². The van der Waals surface area contributed by atoms with E-state index in [0.29, 0.717) is 34.2 Å². The predicted octanol–water partition coefficient (Wildman–Crippen LogP) is 4.17. The van der Waals surface area contributed by atoms with Gasteiger partial charge >= 0.3 is 0 Å². The summed E-state index contributed by atoms with van der Waals surface area (Å²) < 4.78 is 5.51. The van der Waals surface area contributed by atoms with Gasteiger partial charge in [-0.15, -0.1) is 0 Å². The van der Waals surface area contributed by atoms with Crippen molar-refractivity contribution in [2.75, 3.05) is 12.3 Å². The first-order valence-corrected chi connectivity index (χ1v) is 7.16. The highest BCUT2D eigenvalue weighted by atomic mass is 35.5. The number of ether oxygens (including phenoxy) is 1. The van der Waals surface area contributed by atoms with E-state index >= 15 is 0 Å². The van der Waals surface area contributed by atoms with Crippen molar-refractivity contribution in [2.45, 2.75) is 20.8 Å². The van der Waals surface area contributed by atoms with E-state index in [1.807, 2.05) is 20.8 Å². The van der Waals surface area contributed by atoms with Gasteiger partial charge in [-0.3, -0.25) is 4.79 Å². The molecule has 0 fully saturated rings. The molecular weight excluding hydrogens is 286 g/mol. The molecule has 0 spiro atoms. The molecule has 0 amide bonds. The third-order valence-corrected chi connectivity index (χ3v) is 3.73. The maximum Gasteiger partial charge on any atom is 0.200 e. The molecule has 0 atom stereocenters. The maximum absolute atomic E-state index is 12.8. The van der Waals surface area contributed by atoms with Crippen LogP contribution in [0.5, 0.6) is 5.75 Å². The molecule has 0 aliphatic heterocycles. The molecular formula is C17H18ClNO2. The average molecular weight is 304 g/mol. The van der Waals surface area contributed by atoms with Gasteiger partial charge in [0.2, 0.25) is 0 Å². The van der Waals surface area contributed by atoms with Gasteiger partial charge in [0, 0.05) is 11.3 Å². The zero-order valence-electron chi connectivity index (χ0n) is 12.4. The first-order valence-electron chi connectivity index (χ1n) is 6.78. The van der Waals surface area contributed by atoms with Gasteiger partial charge in [0.1, 0.15) is 5.75 Å². The van der Waals surface area contributed by atoms with Gasteiger partial charge in [-0.25, -0.2) is 0 Å². The summed E-state index contributed by atoms with van der Waals surface area (Å²) in [6, 6.07) is 8.78. The maximum atomic E-state index is 12.8. The van der Waals surface area contributed by atoms with Crippen molar-refractivity contribution in [3.8, 4) is 5.75 Å². The van der Waals surface area contributed by atoms with E-state index in [9.17, 15) is 4.79 Å². The van der Waals surface area contributed by atoms with E-state index in [-0.39, 0.29) is 5.78 Å². The van der Waals surface area contributed by atoms with Crippen LogP contribution in [0.4, 0.5) is 5.69 Å². The number of carbonyl (C=O) groups excluding carboxylic acids is 1. The van der Waals surface area contributed by atoms with Crippen LogP contribution in [0.3, 0.4) is 0 Å². The van der Waals surface area contributed by atoms with Crippen LogP contribution < -0.4 is 10.5 Å². The summed E-state index contributed by atoms with van der Waals surface area (Å²) in [7, 11) is 0. The fourth-order valence-electron chi connectivity index (χ4n) is 2.16. The first kappa shape index (κ1) is 15.4. The molecule has 0 bridgehead atoms. The molecule has 2 aromatic rings. The fraction of sp³-hybridized carbons (Fsp3) is 0.235. The number of halogens is 1. The van der Waals surface area contributed by atoms with Crippen LogP contribution in [0.15, 0.2) is 30.3 Å². The molecule has 0 aliphatic rings. The van der Waals surface area contributed by atoms with E-state index in [1.165, 1.54) is 0 Å². The molecule has 0 saturated carbocycles. The summed E-state index contributed by atoms with van der Waals surface area (Å²) in [6.45, 7) is 6.23. The number of nitrogens with two attached hydrogens (primary N) is 1. The number of rotatable bonds is 4. The van der Waals surface area contributed by atoms with Crippen LogP contribution in [-0.2, 0) is 0 Å². The molecule has 21 heavy (non-hydrogen) atoms. The van der Waals surface area contributed by atoms with Gasteiger partial charge in [-0.05, 0) is 56.2 Å². The average Bonchev–Trinajstić information content (AvgIpc) is 2.43. The monoisotopic (exact) mass is 303 g/mol. The predicted molar refractivity (Wildman–Crippen MR) is 86.4 cm³/mol. The smallest absolute Gasteiger partial charge is 0.200 e. The molecule has 0 unspecified atom stereocenters. The Balaban J connectivity index is 2.57. The number of carbonyl (C=O) groups is 1. The minimum absolute atomic E-state index is 0.218. The topological polar surface area (TPSA) is 52.3 Å². The number of hydrogen-bond acceptors (Lipinski definition) is 3. The lowest BCUT2D eigenvalue weighted by atomic mass is 9.97. The summed E-state index contributed by atoms with van der Waals surface area (Å²) in [6.07, 6.45) is 0. The van der Waals surface area contributed by atoms with Gasteiger partial charge in [0.05, 0.1) is 17.2 Å². The minimum atomic E-state index is -0.218. The molecule has 0 radical (unpaired) electrons. The molecule has 2 rings (SSSR count). The number of anilines is 1. The van der Waals surface area contributed by atoms with E-state index in [1.54, 1.807) is 30.3 Å². The second-order valence-electron chi connectivity index (χ2n) is 4.90. The third-order valence-electron chi connectivity index (χ3n) is 3.41. The molecule has 0 aromatic heterocycles. The molecule has 0 aliphatic carbocycles. The summed E-state index contributed by atoms with van der Waals surface area (Å²) in [5, 5.41) is 0.425. The van der Waals surface area contributed by atoms with E-state index in [0.717, 1.165) is 11.1 Å². The summed E-state index contributed by atoms with van der Waals surface area (Å²) >= 11 is 6.23. The van der Waals surface area contributed by atoms with Crippen molar-refractivity contribution in [3.05, 3.63) is 57.6 Å². The highest BCUT2D eigenvalue weighted by Crippen LogP contribution is 2.31. The van der Waals surface area contributed by atoms with Crippen LogP contribution >= 0.6 is 11.6 Å². The lowest BCUT2D eigenvalue weighted by Gasteiger charge is -2.13. The number of ketones is 1. The van der Waals surface area contributed by atoms with Crippen LogP contribution in [0, 0.1) is 13.8 Å². The SMILES string of the molecule is CCOc1cccc(N)c1C(=O)c1cc(C)c(C)cc1Cl. The summed E-state index contributed by atoms with van der Waals surface area (Å²) in [5.41, 5.74) is 9.22. The standard InChI is InChI=1S/C17H18ClNO2/c1-4-21-15-7-5-6-14(19)16(15)17(20)12-8-10(2)11(3)9-13(12)18/h5-9H,4,19H2,1-3H3. The van der Waals surface area contributed by atoms with Gasteiger partial charge in [0.25, 0.3) is 0 Å². The van der Waals surface area contributed by atoms with Crippen molar-refractivity contribution >= 4 is 23.1 Å². The van der Waals surface area contributed by atoms with Crippen LogP contribution in [-0.4, -0.2) is 12.4 Å². The van der Waals surface area contributed by atoms with Gasteiger partial charge in [0.15, 0.2) is 5.78 Å². The Morgan fingerprint density at radius 1 is 1.24 bits per heavy atom. The molecule has 110 valence electrons. The Labute approximate surface area is 129 Å².